The van der Waals surface area contributed by atoms with Crippen molar-refractivity contribution in [2.75, 3.05) is 25.0 Å². The summed E-state index contributed by atoms with van der Waals surface area (Å²) in [5.74, 6) is 1.69. The first-order valence-corrected chi connectivity index (χ1v) is 10.5. The summed E-state index contributed by atoms with van der Waals surface area (Å²) < 4.78 is 0. The zero-order valence-corrected chi connectivity index (χ0v) is 17.1. The van der Waals surface area contributed by atoms with Gasteiger partial charge < -0.3 is 10.6 Å². The molecule has 2 N–H and O–H groups in total. The minimum Gasteiger partial charge on any atom is -0.335 e. The summed E-state index contributed by atoms with van der Waals surface area (Å²) in [5, 5.41) is 6.60. The van der Waals surface area contributed by atoms with Crippen LogP contribution >= 0.6 is 11.6 Å². The van der Waals surface area contributed by atoms with Gasteiger partial charge in [-0.2, -0.15) is 0 Å². The molecule has 2 fully saturated rings. The number of likely N-dealkylation sites (tertiary alicyclic amines) is 1. The smallest absolute Gasteiger partial charge is 0.319 e. The van der Waals surface area contributed by atoms with Crippen LogP contribution in [0.3, 0.4) is 0 Å². The van der Waals surface area contributed by atoms with E-state index in [1.165, 1.54) is 12.8 Å². The van der Waals surface area contributed by atoms with Crippen LogP contribution in [0.15, 0.2) is 35.9 Å². The molecule has 5 heteroatoms. The first-order chi connectivity index (χ1) is 12.9. The maximum Gasteiger partial charge on any atom is 0.319 e. The Morgan fingerprint density at radius 1 is 1.30 bits per heavy atom. The van der Waals surface area contributed by atoms with E-state index in [0.29, 0.717) is 10.4 Å². The van der Waals surface area contributed by atoms with Crippen molar-refractivity contribution >= 4 is 23.3 Å². The molecule has 146 valence electrons. The zero-order chi connectivity index (χ0) is 19.0. The van der Waals surface area contributed by atoms with Gasteiger partial charge in [0, 0.05) is 36.4 Å². The van der Waals surface area contributed by atoms with Crippen LogP contribution in [0.4, 0.5) is 10.5 Å². The van der Waals surface area contributed by atoms with E-state index in [1.807, 2.05) is 12.1 Å². The Balaban J connectivity index is 1.22. The third-order valence-corrected chi connectivity index (χ3v) is 7.23. The van der Waals surface area contributed by atoms with Crippen molar-refractivity contribution in [2.45, 2.75) is 45.6 Å². The minimum absolute atomic E-state index is 0.145. The van der Waals surface area contributed by atoms with Gasteiger partial charge in [-0.3, -0.25) is 4.90 Å². The summed E-state index contributed by atoms with van der Waals surface area (Å²) in [5.41, 5.74) is 2.89. The summed E-state index contributed by atoms with van der Waals surface area (Å²) in [7, 11) is 0. The Morgan fingerprint density at radius 3 is 2.74 bits per heavy atom. The highest BCUT2D eigenvalue weighted by Gasteiger charge is 2.51. The van der Waals surface area contributed by atoms with Gasteiger partial charge in [0.15, 0.2) is 0 Å². The highest BCUT2D eigenvalue weighted by Crippen LogP contribution is 2.59. The quantitative estimate of drug-likeness (QED) is 0.720. The molecule has 1 saturated carbocycles. The van der Waals surface area contributed by atoms with Crippen molar-refractivity contribution in [1.82, 2.24) is 10.2 Å². The number of amides is 2. The number of hydrogen-bond acceptors (Lipinski definition) is 2. The predicted molar refractivity (Wildman–Crippen MR) is 111 cm³/mol. The van der Waals surface area contributed by atoms with Gasteiger partial charge in [-0.15, -0.1) is 0 Å². The topological polar surface area (TPSA) is 44.4 Å². The molecular weight excluding hydrogens is 358 g/mol. The number of benzene rings is 1. The van der Waals surface area contributed by atoms with Crippen LogP contribution in [0.5, 0.6) is 0 Å². The van der Waals surface area contributed by atoms with Gasteiger partial charge in [-0.25, -0.2) is 4.79 Å². The van der Waals surface area contributed by atoms with Crippen molar-refractivity contribution in [3.05, 3.63) is 40.9 Å². The standard InChI is InChI=1S/C22H30ClN3O/c1-22(2)16-7-6-15(20(22)12-16)14-26-10-8-18(9-11-26)24-21(27)25-19-5-3-4-17(23)13-19/h3-6,13,16,18,20H,7-12,14H2,1-2H3,(H2,24,25,27)/t16-,20+/m0/s1. The molecule has 0 radical (unpaired) electrons. The maximum atomic E-state index is 12.2. The molecule has 1 heterocycles. The lowest BCUT2D eigenvalue weighted by Crippen LogP contribution is -2.51. The Hall–Kier alpha value is -1.52. The fourth-order valence-electron chi connectivity index (χ4n) is 5.07. The van der Waals surface area contributed by atoms with Crippen molar-refractivity contribution in [1.29, 1.82) is 0 Å². The molecule has 1 aromatic rings. The van der Waals surface area contributed by atoms with Crippen molar-refractivity contribution in [3.8, 4) is 0 Å². The second kappa shape index (κ2) is 7.48. The summed E-state index contributed by atoms with van der Waals surface area (Å²) in [4.78, 5) is 14.8. The number of piperidine rings is 1. The molecule has 5 rings (SSSR count). The average Bonchev–Trinajstić information content (AvgIpc) is 2.63. The van der Waals surface area contributed by atoms with Crippen LogP contribution in [-0.2, 0) is 0 Å². The monoisotopic (exact) mass is 387 g/mol. The van der Waals surface area contributed by atoms with E-state index in [1.54, 1.807) is 17.7 Å². The summed E-state index contributed by atoms with van der Waals surface area (Å²) in [6.45, 7) is 8.09. The number of carbonyl (C=O) groups excluding carboxylic acids is 1. The zero-order valence-electron chi connectivity index (χ0n) is 16.3. The number of anilines is 1. The Labute approximate surface area is 167 Å². The lowest BCUT2D eigenvalue weighted by molar-refractivity contribution is -0.0113. The average molecular weight is 388 g/mol. The number of fused-ring (bicyclic) bond motifs is 1. The molecule has 3 aliphatic carbocycles. The van der Waals surface area contributed by atoms with Gasteiger partial charge in [0.2, 0.25) is 0 Å². The Bertz CT molecular complexity index is 737. The third-order valence-electron chi connectivity index (χ3n) is 6.99. The van der Waals surface area contributed by atoms with Crippen LogP contribution in [0.2, 0.25) is 5.02 Å². The molecule has 2 bridgehead atoms. The highest BCUT2D eigenvalue weighted by molar-refractivity contribution is 6.30. The van der Waals surface area contributed by atoms with Crippen LogP contribution in [0.25, 0.3) is 0 Å². The van der Waals surface area contributed by atoms with Crippen molar-refractivity contribution in [2.24, 2.45) is 17.3 Å². The van der Waals surface area contributed by atoms with Gasteiger partial charge in [-0.1, -0.05) is 43.2 Å². The van der Waals surface area contributed by atoms with Gasteiger partial charge in [0.25, 0.3) is 0 Å². The molecule has 0 spiro atoms. The van der Waals surface area contributed by atoms with E-state index < -0.39 is 0 Å². The number of carbonyl (C=O) groups is 1. The van der Waals surface area contributed by atoms with Crippen molar-refractivity contribution < 1.29 is 4.79 Å². The number of allylic oxidation sites excluding steroid dienone is 1. The van der Waals surface area contributed by atoms with Crippen molar-refractivity contribution in [3.63, 3.8) is 0 Å². The van der Waals surface area contributed by atoms with Gasteiger partial charge >= 0.3 is 6.03 Å². The van der Waals surface area contributed by atoms with E-state index >= 15 is 0 Å². The van der Waals surface area contributed by atoms with Crippen LogP contribution in [-0.4, -0.2) is 36.6 Å². The van der Waals surface area contributed by atoms with E-state index in [-0.39, 0.29) is 12.1 Å². The van der Waals surface area contributed by atoms with Gasteiger partial charge in [0.05, 0.1) is 0 Å². The second-order valence-corrected chi connectivity index (χ2v) is 9.42. The van der Waals surface area contributed by atoms with Crippen LogP contribution in [0, 0.1) is 17.3 Å². The first-order valence-electron chi connectivity index (χ1n) is 10.2. The molecule has 0 aromatic heterocycles. The van der Waals surface area contributed by atoms with E-state index in [9.17, 15) is 4.79 Å². The molecule has 4 nitrogen and oxygen atoms in total. The Kier molecular flexibility index (Phi) is 5.21. The third kappa shape index (κ3) is 4.02. The number of rotatable bonds is 4. The first kappa shape index (κ1) is 18.8. The SMILES string of the molecule is CC1(C)[C@H]2CC=C(CN3CCC(NC(=O)Nc4cccc(Cl)c4)CC3)[C@H]1C2. The largest absolute Gasteiger partial charge is 0.335 e. The molecule has 1 aromatic carbocycles. The number of nitrogens with zero attached hydrogens (tertiary/aromatic N) is 1. The molecule has 0 unspecified atom stereocenters. The van der Waals surface area contributed by atoms with Gasteiger partial charge in [0.1, 0.15) is 0 Å². The Morgan fingerprint density at radius 2 is 2.07 bits per heavy atom. The molecule has 2 atom stereocenters. The fraction of sp³-hybridized carbons (Fsp3) is 0.591. The molecule has 1 saturated heterocycles. The maximum absolute atomic E-state index is 12.2. The summed E-state index contributed by atoms with van der Waals surface area (Å²) in [6.07, 6.45) is 7.17. The molecular formula is C22H30ClN3O. The molecule has 2 amide bonds. The normalized spacial score (nSPS) is 27.4. The predicted octanol–water partition coefficient (Wildman–Crippen LogP) is 4.92. The highest BCUT2D eigenvalue weighted by atomic mass is 35.5. The van der Waals surface area contributed by atoms with Crippen LogP contribution in [0.1, 0.15) is 39.5 Å². The molecule has 4 aliphatic rings. The van der Waals surface area contributed by atoms with E-state index in [0.717, 1.165) is 50.0 Å². The van der Waals surface area contributed by atoms with Crippen LogP contribution < -0.4 is 10.6 Å². The number of urea groups is 1. The lowest BCUT2D eigenvalue weighted by atomic mass is 9.49. The van der Waals surface area contributed by atoms with E-state index in [4.69, 9.17) is 11.6 Å². The summed E-state index contributed by atoms with van der Waals surface area (Å²) in [6, 6.07) is 7.33. The second-order valence-electron chi connectivity index (χ2n) is 8.98. The van der Waals surface area contributed by atoms with E-state index in [2.05, 4.69) is 35.5 Å². The minimum atomic E-state index is -0.145. The van der Waals surface area contributed by atoms with Gasteiger partial charge in [-0.05, 0) is 61.1 Å². The lowest BCUT2D eigenvalue weighted by Gasteiger charge is -2.57. The number of nitrogens with one attached hydrogen (secondary N) is 2. The summed E-state index contributed by atoms with van der Waals surface area (Å²) >= 11 is 5.97. The molecule has 1 aliphatic heterocycles. The number of hydrogen-bond donors (Lipinski definition) is 2. The fourth-order valence-corrected chi connectivity index (χ4v) is 5.26. The molecule has 27 heavy (non-hydrogen) atoms. The number of halogens is 1.